The van der Waals surface area contributed by atoms with Crippen molar-refractivity contribution in [2.75, 3.05) is 40.3 Å². The third-order valence-electron chi connectivity index (χ3n) is 6.12. The quantitative estimate of drug-likeness (QED) is 0.762. The van der Waals surface area contributed by atoms with Crippen molar-refractivity contribution in [2.24, 2.45) is 5.92 Å². The molecule has 3 heterocycles. The summed E-state index contributed by atoms with van der Waals surface area (Å²) in [5.41, 5.74) is 2.43. The largest absolute Gasteiger partial charge is 0.365 e. The van der Waals surface area contributed by atoms with Crippen LogP contribution in [0.15, 0.2) is 36.7 Å². The van der Waals surface area contributed by atoms with E-state index in [9.17, 15) is 9.59 Å². The highest BCUT2D eigenvalue weighted by molar-refractivity contribution is 5.93. The van der Waals surface area contributed by atoms with E-state index in [-0.39, 0.29) is 23.8 Å². The van der Waals surface area contributed by atoms with E-state index in [1.54, 1.807) is 6.33 Å². The highest BCUT2D eigenvalue weighted by atomic mass is 16.5. The number of hydrogen-bond donors (Lipinski definition) is 1. The van der Waals surface area contributed by atoms with Crippen LogP contribution in [-0.2, 0) is 22.7 Å². The fourth-order valence-corrected chi connectivity index (χ4v) is 4.22. The Balaban J connectivity index is 1.32. The first kappa shape index (κ1) is 21.5. The summed E-state index contributed by atoms with van der Waals surface area (Å²) in [7, 11) is 3.97. The van der Waals surface area contributed by atoms with Gasteiger partial charge >= 0.3 is 0 Å². The van der Waals surface area contributed by atoms with E-state index in [1.807, 2.05) is 46.7 Å². The molecule has 2 amide bonds. The summed E-state index contributed by atoms with van der Waals surface area (Å²) < 4.78 is 8.07. The molecule has 1 aromatic carbocycles. The van der Waals surface area contributed by atoms with Crippen molar-refractivity contribution in [3.63, 3.8) is 0 Å². The number of fused-ring (bicyclic) bond motifs is 1. The summed E-state index contributed by atoms with van der Waals surface area (Å²) in [6, 6.07) is 10.1. The number of carbonyl (C=O) groups is 2. The molecule has 166 valence electrons. The number of nitrogens with one attached hydrogen (secondary N) is 1. The summed E-state index contributed by atoms with van der Waals surface area (Å²) in [6.45, 7) is 3.63. The van der Waals surface area contributed by atoms with Crippen LogP contribution >= 0.6 is 0 Å². The standard InChI is InChI=1S/C23H31N5O3/c1-26(2)13-10-24-22(29)18-8-11-27(12-9-18)23(30)21-19-15-31-20(14-28(19)16-25-21)17-6-4-3-5-7-17/h3-7,16,18,20H,8-15H2,1-2H3,(H,24,29)/t20-/m0/s1. The van der Waals surface area contributed by atoms with Crippen LogP contribution in [0.25, 0.3) is 0 Å². The number of hydrogen-bond acceptors (Lipinski definition) is 5. The zero-order chi connectivity index (χ0) is 21.8. The second-order valence-corrected chi connectivity index (χ2v) is 8.56. The van der Waals surface area contributed by atoms with E-state index < -0.39 is 0 Å². The molecule has 1 N–H and O–H groups in total. The summed E-state index contributed by atoms with van der Waals surface area (Å²) in [5, 5.41) is 3.00. The van der Waals surface area contributed by atoms with Gasteiger partial charge in [-0.05, 0) is 32.5 Å². The van der Waals surface area contributed by atoms with Gasteiger partial charge in [-0.1, -0.05) is 30.3 Å². The zero-order valence-electron chi connectivity index (χ0n) is 18.3. The van der Waals surface area contributed by atoms with Gasteiger partial charge in [-0.15, -0.1) is 0 Å². The Kier molecular flexibility index (Phi) is 6.67. The minimum atomic E-state index is -0.0676. The van der Waals surface area contributed by atoms with Crippen molar-refractivity contribution >= 4 is 11.8 Å². The van der Waals surface area contributed by atoms with Gasteiger partial charge in [-0.25, -0.2) is 4.98 Å². The van der Waals surface area contributed by atoms with Gasteiger partial charge in [0.05, 0.1) is 25.2 Å². The van der Waals surface area contributed by atoms with Gasteiger partial charge in [-0.2, -0.15) is 0 Å². The Morgan fingerprint density at radius 2 is 1.94 bits per heavy atom. The van der Waals surface area contributed by atoms with Crippen LogP contribution in [-0.4, -0.2) is 71.4 Å². The molecular weight excluding hydrogens is 394 g/mol. The van der Waals surface area contributed by atoms with Crippen LogP contribution in [0.4, 0.5) is 0 Å². The fraction of sp³-hybridized carbons (Fsp3) is 0.522. The molecule has 2 aromatic rings. The van der Waals surface area contributed by atoms with Crippen molar-refractivity contribution in [1.82, 2.24) is 24.7 Å². The lowest BCUT2D eigenvalue weighted by Crippen LogP contribution is -2.44. The van der Waals surface area contributed by atoms with Crippen LogP contribution < -0.4 is 5.32 Å². The van der Waals surface area contributed by atoms with Gasteiger partial charge in [0.2, 0.25) is 5.91 Å². The maximum Gasteiger partial charge on any atom is 0.274 e. The molecule has 1 aromatic heterocycles. The minimum absolute atomic E-state index is 0.0305. The first-order valence-corrected chi connectivity index (χ1v) is 10.9. The molecule has 2 aliphatic heterocycles. The van der Waals surface area contributed by atoms with E-state index in [1.165, 1.54) is 0 Å². The molecule has 1 atom stereocenters. The summed E-state index contributed by atoms with van der Waals surface area (Å²) in [5.74, 6) is -0.00672. The van der Waals surface area contributed by atoms with Crippen LogP contribution in [0.1, 0.15) is 40.7 Å². The van der Waals surface area contributed by atoms with E-state index in [0.29, 0.717) is 51.3 Å². The Bertz CT molecular complexity index is 903. The molecule has 0 saturated carbocycles. The summed E-state index contributed by atoms with van der Waals surface area (Å²) >= 11 is 0. The number of nitrogens with zero attached hydrogens (tertiary/aromatic N) is 4. The minimum Gasteiger partial charge on any atom is -0.365 e. The average Bonchev–Trinajstić information content (AvgIpc) is 3.22. The molecule has 0 aliphatic carbocycles. The number of likely N-dealkylation sites (N-methyl/N-ethyl adjacent to an activating group) is 1. The van der Waals surface area contributed by atoms with Crippen molar-refractivity contribution in [3.8, 4) is 0 Å². The molecule has 0 unspecified atom stereocenters. The lowest BCUT2D eigenvalue weighted by atomic mass is 9.95. The van der Waals surface area contributed by atoms with Gasteiger partial charge in [0.25, 0.3) is 5.91 Å². The predicted molar refractivity (Wildman–Crippen MR) is 116 cm³/mol. The number of imidazole rings is 1. The molecule has 0 bridgehead atoms. The molecular formula is C23H31N5O3. The van der Waals surface area contributed by atoms with Crippen molar-refractivity contribution in [1.29, 1.82) is 0 Å². The van der Waals surface area contributed by atoms with Crippen LogP contribution in [0.3, 0.4) is 0 Å². The number of likely N-dealkylation sites (tertiary alicyclic amines) is 1. The van der Waals surface area contributed by atoms with Gasteiger partial charge in [-0.3, -0.25) is 9.59 Å². The lowest BCUT2D eigenvalue weighted by molar-refractivity contribution is -0.126. The highest BCUT2D eigenvalue weighted by Gasteiger charge is 2.32. The second kappa shape index (κ2) is 9.62. The number of piperidine rings is 1. The number of carbonyl (C=O) groups excluding carboxylic acids is 2. The third-order valence-corrected chi connectivity index (χ3v) is 6.12. The van der Waals surface area contributed by atoms with E-state index in [0.717, 1.165) is 17.8 Å². The zero-order valence-corrected chi connectivity index (χ0v) is 18.3. The third kappa shape index (κ3) is 4.97. The predicted octanol–water partition coefficient (Wildman–Crippen LogP) is 1.68. The Hall–Kier alpha value is -2.71. The van der Waals surface area contributed by atoms with Crippen molar-refractivity contribution in [2.45, 2.75) is 32.1 Å². The normalized spacial score (nSPS) is 19.3. The van der Waals surface area contributed by atoms with Gasteiger partial charge in [0.1, 0.15) is 6.10 Å². The van der Waals surface area contributed by atoms with Gasteiger partial charge in [0, 0.05) is 32.1 Å². The molecule has 2 aliphatic rings. The molecule has 0 spiro atoms. The number of ether oxygens (including phenoxy) is 1. The lowest BCUT2D eigenvalue weighted by Gasteiger charge is -2.31. The number of amides is 2. The number of aromatic nitrogens is 2. The Morgan fingerprint density at radius 3 is 2.65 bits per heavy atom. The maximum atomic E-state index is 13.1. The van der Waals surface area contributed by atoms with E-state index >= 15 is 0 Å². The first-order chi connectivity index (χ1) is 15.0. The Labute approximate surface area is 183 Å². The van der Waals surface area contributed by atoms with Crippen molar-refractivity contribution < 1.29 is 14.3 Å². The summed E-state index contributed by atoms with van der Waals surface area (Å²) in [4.78, 5) is 33.7. The highest BCUT2D eigenvalue weighted by Crippen LogP contribution is 2.28. The van der Waals surface area contributed by atoms with Gasteiger partial charge in [0.15, 0.2) is 5.69 Å². The summed E-state index contributed by atoms with van der Waals surface area (Å²) in [6.07, 6.45) is 3.07. The molecule has 1 fully saturated rings. The topological polar surface area (TPSA) is 79.7 Å². The molecule has 31 heavy (non-hydrogen) atoms. The van der Waals surface area contributed by atoms with Crippen LogP contribution in [0.5, 0.6) is 0 Å². The molecule has 1 saturated heterocycles. The van der Waals surface area contributed by atoms with Crippen molar-refractivity contribution in [3.05, 3.63) is 53.6 Å². The van der Waals surface area contributed by atoms with Crippen LogP contribution in [0.2, 0.25) is 0 Å². The smallest absolute Gasteiger partial charge is 0.274 e. The number of rotatable bonds is 6. The monoisotopic (exact) mass is 425 g/mol. The Morgan fingerprint density at radius 1 is 1.19 bits per heavy atom. The SMILES string of the molecule is CN(C)CCNC(=O)C1CCN(C(=O)c2ncn3c2CO[C@H](c2ccccc2)C3)CC1. The molecule has 0 radical (unpaired) electrons. The molecule has 8 heteroatoms. The van der Waals surface area contributed by atoms with E-state index in [2.05, 4.69) is 22.4 Å². The maximum absolute atomic E-state index is 13.1. The van der Waals surface area contributed by atoms with E-state index in [4.69, 9.17) is 4.74 Å². The molecule has 8 nitrogen and oxygen atoms in total. The fourth-order valence-electron chi connectivity index (χ4n) is 4.22. The second-order valence-electron chi connectivity index (χ2n) is 8.56. The first-order valence-electron chi connectivity index (χ1n) is 10.9. The van der Waals surface area contributed by atoms with Crippen LogP contribution in [0, 0.1) is 5.92 Å². The van der Waals surface area contributed by atoms with Gasteiger partial charge < -0.3 is 24.4 Å². The number of benzene rings is 1. The average molecular weight is 426 g/mol. The molecule has 4 rings (SSSR count).